The highest BCUT2D eigenvalue weighted by atomic mass is 19.1. The Morgan fingerprint density at radius 2 is 2.06 bits per heavy atom. The molecule has 1 aromatic carbocycles. The molecule has 3 aromatic rings. The maximum absolute atomic E-state index is 13.6. The fourth-order valence-electron chi connectivity index (χ4n) is 1.71. The van der Waals surface area contributed by atoms with E-state index in [-0.39, 0.29) is 17.1 Å². The van der Waals surface area contributed by atoms with E-state index in [0.717, 1.165) is 0 Å². The summed E-state index contributed by atoms with van der Waals surface area (Å²) in [7, 11) is 0. The predicted molar refractivity (Wildman–Crippen MR) is 60.9 cm³/mol. The number of phenols is 1. The molecule has 0 saturated heterocycles. The zero-order valence-corrected chi connectivity index (χ0v) is 8.68. The van der Waals surface area contributed by atoms with Crippen LogP contribution in [0.15, 0.2) is 36.5 Å². The van der Waals surface area contributed by atoms with Crippen LogP contribution in [-0.2, 0) is 0 Å². The van der Waals surface area contributed by atoms with Gasteiger partial charge in [-0.25, -0.2) is 14.4 Å². The molecule has 3 rings (SSSR count). The van der Waals surface area contributed by atoms with Gasteiger partial charge in [0.15, 0.2) is 5.65 Å². The molecule has 0 aliphatic rings. The molecular formula is C12H8FN3O. The molecule has 0 spiro atoms. The largest absolute Gasteiger partial charge is 0.507 e. The van der Waals surface area contributed by atoms with E-state index in [2.05, 4.69) is 15.0 Å². The number of pyridine rings is 1. The van der Waals surface area contributed by atoms with E-state index >= 15 is 0 Å². The lowest BCUT2D eigenvalue weighted by Crippen LogP contribution is -1.86. The summed E-state index contributed by atoms with van der Waals surface area (Å²) in [6.07, 6.45) is 1.61. The molecule has 0 bridgehead atoms. The summed E-state index contributed by atoms with van der Waals surface area (Å²) in [4.78, 5) is 11.1. The highest BCUT2D eigenvalue weighted by Crippen LogP contribution is 2.30. The maximum Gasteiger partial charge on any atom is 0.178 e. The Kier molecular flexibility index (Phi) is 2.04. The fraction of sp³-hybridized carbons (Fsp3) is 0. The Morgan fingerprint density at radius 1 is 1.18 bits per heavy atom. The number of aromatic amines is 1. The van der Waals surface area contributed by atoms with Crippen LogP contribution in [0.1, 0.15) is 0 Å². The number of phenolic OH excluding ortho intramolecular Hbond substituents is 1. The average Bonchev–Trinajstić information content (AvgIpc) is 2.71. The minimum absolute atomic E-state index is 0.0606. The van der Waals surface area contributed by atoms with Crippen LogP contribution in [-0.4, -0.2) is 20.1 Å². The van der Waals surface area contributed by atoms with Crippen LogP contribution in [0.5, 0.6) is 5.75 Å². The second-order valence-corrected chi connectivity index (χ2v) is 3.59. The molecule has 5 heteroatoms. The molecule has 2 N–H and O–H groups in total. The topological polar surface area (TPSA) is 61.8 Å². The Morgan fingerprint density at radius 3 is 2.82 bits per heavy atom. The van der Waals surface area contributed by atoms with Crippen molar-refractivity contribution in [1.82, 2.24) is 15.0 Å². The Hall–Kier alpha value is -2.43. The number of hydrogen-bond donors (Lipinski definition) is 2. The smallest absolute Gasteiger partial charge is 0.178 e. The molecule has 2 aromatic heterocycles. The number of H-pyrrole nitrogens is 1. The van der Waals surface area contributed by atoms with Gasteiger partial charge in [-0.05, 0) is 24.3 Å². The molecule has 0 aliphatic heterocycles. The molecular weight excluding hydrogens is 221 g/mol. The van der Waals surface area contributed by atoms with Crippen molar-refractivity contribution in [3.05, 3.63) is 42.3 Å². The normalized spacial score (nSPS) is 10.9. The Bertz CT molecular complexity index is 640. The quantitative estimate of drug-likeness (QED) is 0.673. The van der Waals surface area contributed by atoms with E-state index in [1.807, 2.05) is 0 Å². The molecule has 17 heavy (non-hydrogen) atoms. The number of aromatic nitrogens is 3. The molecule has 0 fully saturated rings. The van der Waals surface area contributed by atoms with E-state index in [0.29, 0.717) is 11.2 Å². The first kappa shape index (κ1) is 9.77. The Labute approximate surface area is 95.8 Å². The number of halogens is 1. The standard InChI is InChI=1S/C12H8FN3O/c13-7-3-1-5-9(17)10(7)12-15-8-4-2-6-14-11(8)16-12/h1-6,17H,(H,14,15,16). The molecule has 2 heterocycles. The second-order valence-electron chi connectivity index (χ2n) is 3.59. The van der Waals surface area contributed by atoms with E-state index in [1.165, 1.54) is 18.2 Å². The number of hydrogen-bond acceptors (Lipinski definition) is 3. The lowest BCUT2D eigenvalue weighted by atomic mass is 10.2. The third-order valence-corrected chi connectivity index (χ3v) is 2.49. The van der Waals surface area contributed by atoms with Crippen molar-refractivity contribution in [2.45, 2.75) is 0 Å². The number of rotatable bonds is 1. The molecule has 0 aliphatic carbocycles. The molecule has 0 saturated carbocycles. The van der Waals surface area contributed by atoms with Gasteiger partial charge in [-0.1, -0.05) is 6.07 Å². The van der Waals surface area contributed by atoms with Crippen LogP contribution in [0.4, 0.5) is 4.39 Å². The van der Waals surface area contributed by atoms with Crippen molar-refractivity contribution in [2.24, 2.45) is 0 Å². The van der Waals surface area contributed by atoms with Crippen molar-refractivity contribution in [3.63, 3.8) is 0 Å². The third-order valence-electron chi connectivity index (χ3n) is 2.49. The van der Waals surface area contributed by atoms with Crippen LogP contribution >= 0.6 is 0 Å². The predicted octanol–water partition coefficient (Wildman–Crippen LogP) is 2.47. The highest BCUT2D eigenvalue weighted by molar-refractivity contribution is 5.77. The van der Waals surface area contributed by atoms with Gasteiger partial charge >= 0.3 is 0 Å². The van der Waals surface area contributed by atoms with Gasteiger partial charge in [0.05, 0.1) is 11.1 Å². The minimum Gasteiger partial charge on any atom is -0.507 e. The van der Waals surface area contributed by atoms with Crippen LogP contribution in [0, 0.1) is 5.82 Å². The second kappa shape index (κ2) is 3.55. The van der Waals surface area contributed by atoms with Gasteiger partial charge in [-0.15, -0.1) is 0 Å². The van der Waals surface area contributed by atoms with Crippen LogP contribution in [0.3, 0.4) is 0 Å². The lowest BCUT2D eigenvalue weighted by molar-refractivity contribution is 0.471. The van der Waals surface area contributed by atoms with Crippen LogP contribution in [0.2, 0.25) is 0 Å². The van der Waals surface area contributed by atoms with Gasteiger partial charge in [-0.2, -0.15) is 0 Å². The van der Waals surface area contributed by atoms with E-state index in [9.17, 15) is 9.50 Å². The number of imidazole rings is 1. The molecule has 0 atom stereocenters. The van der Waals surface area contributed by atoms with Crippen molar-refractivity contribution >= 4 is 11.2 Å². The van der Waals surface area contributed by atoms with Gasteiger partial charge in [-0.3, -0.25) is 0 Å². The molecule has 0 radical (unpaired) electrons. The summed E-state index contributed by atoms with van der Waals surface area (Å²) in [5, 5.41) is 9.65. The highest BCUT2D eigenvalue weighted by Gasteiger charge is 2.14. The SMILES string of the molecule is Oc1cccc(F)c1-c1nc2ncccc2[nH]1. The molecule has 84 valence electrons. The zero-order valence-electron chi connectivity index (χ0n) is 8.68. The van der Waals surface area contributed by atoms with Gasteiger partial charge in [0.25, 0.3) is 0 Å². The summed E-state index contributed by atoms with van der Waals surface area (Å²) in [5.41, 5.74) is 1.25. The van der Waals surface area contributed by atoms with Crippen molar-refractivity contribution in [1.29, 1.82) is 0 Å². The molecule has 0 amide bonds. The molecule has 4 nitrogen and oxygen atoms in total. The summed E-state index contributed by atoms with van der Waals surface area (Å²) in [6.45, 7) is 0. The number of fused-ring (bicyclic) bond motifs is 1. The summed E-state index contributed by atoms with van der Waals surface area (Å²) in [5.74, 6) is -0.401. The van der Waals surface area contributed by atoms with E-state index < -0.39 is 5.82 Å². The number of benzene rings is 1. The average molecular weight is 229 g/mol. The maximum atomic E-state index is 13.6. The van der Waals surface area contributed by atoms with E-state index in [4.69, 9.17) is 0 Å². The first-order valence-corrected chi connectivity index (χ1v) is 5.04. The van der Waals surface area contributed by atoms with Gasteiger partial charge in [0.1, 0.15) is 17.4 Å². The minimum atomic E-state index is -0.524. The summed E-state index contributed by atoms with van der Waals surface area (Å²) < 4.78 is 13.6. The van der Waals surface area contributed by atoms with Crippen LogP contribution < -0.4 is 0 Å². The van der Waals surface area contributed by atoms with E-state index in [1.54, 1.807) is 18.3 Å². The van der Waals surface area contributed by atoms with Gasteiger partial charge in [0, 0.05) is 6.20 Å². The zero-order chi connectivity index (χ0) is 11.8. The fourth-order valence-corrected chi connectivity index (χ4v) is 1.71. The van der Waals surface area contributed by atoms with Gasteiger partial charge in [0.2, 0.25) is 0 Å². The Balaban J connectivity index is 2.27. The lowest BCUT2D eigenvalue weighted by Gasteiger charge is -2.01. The first-order valence-electron chi connectivity index (χ1n) is 5.04. The summed E-state index contributed by atoms with van der Waals surface area (Å²) in [6, 6.07) is 7.67. The van der Waals surface area contributed by atoms with Crippen LogP contribution in [0.25, 0.3) is 22.6 Å². The monoisotopic (exact) mass is 229 g/mol. The number of nitrogens with zero attached hydrogens (tertiary/aromatic N) is 2. The third kappa shape index (κ3) is 1.52. The first-order chi connectivity index (χ1) is 8.25. The van der Waals surface area contributed by atoms with Crippen molar-refractivity contribution in [2.75, 3.05) is 0 Å². The van der Waals surface area contributed by atoms with Gasteiger partial charge < -0.3 is 10.1 Å². The van der Waals surface area contributed by atoms with Crippen molar-refractivity contribution in [3.8, 4) is 17.1 Å². The number of nitrogens with one attached hydrogen (secondary N) is 1. The summed E-state index contributed by atoms with van der Waals surface area (Å²) >= 11 is 0. The van der Waals surface area contributed by atoms with Crippen molar-refractivity contribution < 1.29 is 9.50 Å². The molecule has 0 unspecified atom stereocenters. The number of aromatic hydroxyl groups is 1.